The van der Waals surface area contributed by atoms with E-state index in [1.54, 1.807) is 6.07 Å². The minimum Gasteiger partial charge on any atom is -0.454 e. The van der Waals surface area contributed by atoms with Gasteiger partial charge in [-0.05, 0) is 84.0 Å². The molecule has 2 nitrogen and oxygen atoms in total. The van der Waals surface area contributed by atoms with Crippen LogP contribution in [0.15, 0.2) is 65.2 Å². The number of pyridine rings is 1. The lowest BCUT2D eigenvalue weighted by Gasteiger charge is -2.29. The summed E-state index contributed by atoms with van der Waals surface area (Å²) in [4.78, 5) is 0. The molecule has 2 heterocycles. The second-order valence-corrected chi connectivity index (χ2v) is 11.4. The van der Waals surface area contributed by atoms with E-state index in [0.717, 1.165) is 51.6 Å². The average Bonchev–Trinajstić information content (AvgIpc) is 3.21. The highest BCUT2D eigenvalue weighted by atomic mass is 19.1. The number of furan rings is 1. The Balaban J connectivity index is 1.68. The highest BCUT2D eigenvalue weighted by Crippen LogP contribution is 2.43. The Kier molecular flexibility index (Phi) is 5.29. The molecule has 0 amide bonds. The van der Waals surface area contributed by atoms with E-state index < -0.39 is 0 Å². The van der Waals surface area contributed by atoms with Gasteiger partial charge in [-0.25, -0.2) is 8.96 Å². The minimum atomic E-state index is -0.235. The standard InChI is InChI=1S/C33H33FNO/c1-20-13-14-24-25-15-16-27(34)30(32(25)36-31(24)29(20)28-12-8-9-17-35(28)5)22-18-21-10-6-7-11-23(21)26(19-22)33(2,3)4/h8-9,12-19H,6-7,10-11H2,1-5H3/q+1. The van der Waals surface area contributed by atoms with Crippen molar-refractivity contribution in [3.05, 3.63) is 88.9 Å². The molecule has 0 spiro atoms. The first-order valence-corrected chi connectivity index (χ1v) is 13.0. The molecular weight excluding hydrogens is 445 g/mol. The van der Waals surface area contributed by atoms with Crippen LogP contribution in [0.2, 0.25) is 0 Å². The van der Waals surface area contributed by atoms with Crippen LogP contribution in [0.1, 0.15) is 55.9 Å². The van der Waals surface area contributed by atoms with Crippen molar-refractivity contribution in [1.29, 1.82) is 0 Å². The number of aromatic nitrogens is 1. The van der Waals surface area contributed by atoms with Crippen molar-refractivity contribution < 1.29 is 13.4 Å². The summed E-state index contributed by atoms with van der Waals surface area (Å²) in [5.41, 5.74) is 10.3. The zero-order valence-corrected chi connectivity index (χ0v) is 21.8. The van der Waals surface area contributed by atoms with Crippen molar-refractivity contribution in [3.8, 4) is 22.4 Å². The smallest absolute Gasteiger partial charge is 0.216 e. The van der Waals surface area contributed by atoms with E-state index in [-0.39, 0.29) is 11.2 Å². The molecule has 0 unspecified atom stereocenters. The molecule has 5 aromatic rings. The van der Waals surface area contributed by atoms with Crippen molar-refractivity contribution in [1.82, 2.24) is 0 Å². The number of aryl methyl sites for hydroxylation is 3. The Labute approximate surface area is 212 Å². The van der Waals surface area contributed by atoms with Crippen LogP contribution in [0.25, 0.3) is 44.3 Å². The molecule has 3 heteroatoms. The van der Waals surface area contributed by atoms with Crippen LogP contribution in [0, 0.1) is 12.7 Å². The van der Waals surface area contributed by atoms with Crippen molar-refractivity contribution in [3.63, 3.8) is 0 Å². The monoisotopic (exact) mass is 478 g/mol. The minimum absolute atomic E-state index is 0.0119. The summed E-state index contributed by atoms with van der Waals surface area (Å²) >= 11 is 0. The number of hydrogen-bond acceptors (Lipinski definition) is 1. The first-order valence-electron chi connectivity index (χ1n) is 13.0. The van der Waals surface area contributed by atoms with E-state index in [0.29, 0.717) is 11.1 Å². The van der Waals surface area contributed by atoms with Crippen molar-refractivity contribution in [2.45, 2.75) is 58.8 Å². The zero-order valence-electron chi connectivity index (χ0n) is 21.8. The fourth-order valence-electron chi connectivity index (χ4n) is 6.03. The van der Waals surface area contributed by atoms with E-state index >= 15 is 4.39 Å². The SMILES string of the molecule is Cc1ccc2c(oc3c(-c4cc5c(c(C(C)(C)C)c4)CCCC5)c(F)ccc32)c1-c1cccc[n+]1C. The molecule has 3 aromatic carbocycles. The second kappa shape index (κ2) is 8.30. The molecule has 0 radical (unpaired) electrons. The van der Waals surface area contributed by atoms with Crippen LogP contribution < -0.4 is 4.57 Å². The summed E-state index contributed by atoms with van der Waals surface area (Å²) in [6.07, 6.45) is 6.62. The number of rotatable bonds is 2. The van der Waals surface area contributed by atoms with Crippen LogP contribution in [0.3, 0.4) is 0 Å². The molecule has 36 heavy (non-hydrogen) atoms. The fourth-order valence-corrected chi connectivity index (χ4v) is 6.03. The van der Waals surface area contributed by atoms with Gasteiger partial charge in [-0.1, -0.05) is 45.0 Å². The molecule has 0 atom stereocenters. The Morgan fingerprint density at radius 1 is 0.861 bits per heavy atom. The summed E-state index contributed by atoms with van der Waals surface area (Å²) in [5, 5.41) is 1.97. The van der Waals surface area contributed by atoms with Crippen molar-refractivity contribution in [2.75, 3.05) is 0 Å². The van der Waals surface area contributed by atoms with E-state index in [9.17, 15) is 0 Å². The third kappa shape index (κ3) is 3.56. The Morgan fingerprint density at radius 3 is 2.33 bits per heavy atom. The van der Waals surface area contributed by atoms with Crippen LogP contribution in [-0.2, 0) is 25.3 Å². The molecule has 0 fully saturated rings. The maximum absolute atomic E-state index is 15.7. The Bertz CT molecular complexity index is 1650. The van der Waals surface area contributed by atoms with E-state index in [4.69, 9.17) is 4.42 Å². The predicted molar refractivity (Wildman–Crippen MR) is 146 cm³/mol. The Hall–Kier alpha value is -3.46. The third-order valence-electron chi connectivity index (χ3n) is 7.84. The molecule has 0 aliphatic heterocycles. The molecule has 2 aromatic heterocycles. The van der Waals surface area contributed by atoms with Crippen molar-refractivity contribution >= 4 is 21.9 Å². The summed E-state index contributed by atoms with van der Waals surface area (Å²) in [7, 11) is 2.04. The van der Waals surface area contributed by atoms with Gasteiger partial charge < -0.3 is 4.42 Å². The summed E-state index contributed by atoms with van der Waals surface area (Å²) in [6.45, 7) is 8.88. The van der Waals surface area contributed by atoms with Gasteiger partial charge in [0, 0.05) is 22.9 Å². The zero-order chi connectivity index (χ0) is 25.2. The van der Waals surface area contributed by atoms with Crippen LogP contribution >= 0.6 is 0 Å². The molecular formula is C33H33FNO+. The quantitative estimate of drug-likeness (QED) is 0.233. The second-order valence-electron chi connectivity index (χ2n) is 11.4. The molecule has 0 bridgehead atoms. The first-order chi connectivity index (χ1) is 17.2. The maximum Gasteiger partial charge on any atom is 0.216 e. The molecule has 0 N–H and O–H groups in total. The van der Waals surface area contributed by atoms with Crippen LogP contribution in [-0.4, -0.2) is 0 Å². The van der Waals surface area contributed by atoms with Crippen molar-refractivity contribution in [2.24, 2.45) is 7.05 Å². The first kappa shape index (κ1) is 23.0. The lowest BCUT2D eigenvalue weighted by Crippen LogP contribution is -2.30. The highest BCUT2D eigenvalue weighted by molar-refractivity contribution is 6.13. The normalized spacial score (nSPS) is 13.9. The van der Waals surface area contributed by atoms with E-state index in [1.807, 2.05) is 31.4 Å². The maximum atomic E-state index is 15.7. The lowest BCUT2D eigenvalue weighted by molar-refractivity contribution is -0.660. The third-order valence-corrected chi connectivity index (χ3v) is 7.84. The number of halogens is 1. The summed E-state index contributed by atoms with van der Waals surface area (Å²) in [5.74, 6) is -0.235. The van der Waals surface area contributed by atoms with Gasteiger partial charge in [-0.2, -0.15) is 0 Å². The average molecular weight is 479 g/mol. The predicted octanol–water partition coefficient (Wildman–Crippen LogP) is 8.37. The number of benzene rings is 3. The summed E-state index contributed by atoms with van der Waals surface area (Å²) in [6, 6.07) is 18.3. The highest BCUT2D eigenvalue weighted by Gasteiger charge is 2.27. The van der Waals surface area contributed by atoms with Gasteiger partial charge in [0.1, 0.15) is 24.0 Å². The molecule has 6 rings (SSSR count). The Morgan fingerprint density at radius 2 is 1.58 bits per heavy atom. The van der Waals surface area contributed by atoms with Crippen LogP contribution in [0.5, 0.6) is 0 Å². The van der Waals surface area contributed by atoms with Crippen LogP contribution in [0.4, 0.5) is 4.39 Å². The molecule has 1 aliphatic carbocycles. The van der Waals surface area contributed by atoms with Gasteiger partial charge in [-0.15, -0.1) is 0 Å². The number of fused-ring (bicyclic) bond motifs is 4. The van der Waals surface area contributed by atoms with Gasteiger partial charge in [-0.3, -0.25) is 0 Å². The molecule has 182 valence electrons. The van der Waals surface area contributed by atoms with Gasteiger partial charge in [0.05, 0.1) is 11.1 Å². The van der Waals surface area contributed by atoms with Gasteiger partial charge in [0.25, 0.3) is 0 Å². The van der Waals surface area contributed by atoms with Gasteiger partial charge in [0.2, 0.25) is 5.69 Å². The van der Waals surface area contributed by atoms with Gasteiger partial charge >= 0.3 is 0 Å². The topological polar surface area (TPSA) is 17.0 Å². The number of hydrogen-bond donors (Lipinski definition) is 0. The van der Waals surface area contributed by atoms with Gasteiger partial charge in [0.15, 0.2) is 6.20 Å². The molecule has 0 saturated heterocycles. The largest absolute Gasteiger partial charge is 0.454 e. The molecule has 1 aliphatic rings. The molecule has 0 saturated carbocycles. The van der Waals surface area contributed by atoms with E-state index in [2.05, 4.69) is 62.6 Å². The summed E-state index contributed by atoms with van der Waals surface area (Å²) < 4.78 is 24.5. The van der Waals surface area contributed by atoms with E-state index in [1.165, 1.54) is 29.5 Å². The number of nitrogens with zero attached hydrogens (tertiary/aromatic N) is 1. The lowest BCUT2D eigenvalue weighted by atomic mass is 9.76. The fraction of sp³-hybridized carbons (Fsp3) is 0.303.